The molecule has 86 valence electrons. The van der Waals surface area contributed by atoms with Crippen molar-refractivity contribution in [3.8, 4) is 0 Å². The molecule has 2 N–H and O–H groups in total. The maximum absolute atomic E-state index is 11.7. The second kappa shape index (κ2) is 4.84. The number of anilines is 2. The highest BCUT2D eigenvalue weighted by molar-refractivity contribution is 9.10. The topological polar surface area (TPSA) is 50.4 Å². The Morgan fingerprint density at radius 2 is 2.25 bits per heavy atom. The molecule has 1 aliphatic heterocycles. The van der Waals surface area contributed by atoms with E-state index in [1.807, 2.05) is 18.2 Å². The molecule has 1 aromatic rings. The molecule has 16 heavy (non-hydrogen) atoms. The van der Waals surface area contributed by atoms with Crippen molar-refractivity contribution in [3.63, 3.8) is 0 Å². The minimum atomic E-state index is -0.221. The molecule has 5 heteroatoms. The first-order valence-corrected chi connectivity index (χ1v) is 5.86. The fourth-order valence-electron chi connectivity index (χ4n) is 1.66. The minimum Gasteiger partial charge on any atom is -0.385 e. The van der Waals surface area contributed by atoms with Gasteiger partial charge in [0.15, 0.2) is 0 Å². The van der Waals surface area contributed by atoms with Crippen LogP contribution in [0.15, 0.2) is 22.7 Å². The van der Waals surface area contributed by atoms with Gasteiger partial charge in [-0.1, -0.05) is 15.9 Å². The Balaban J connectivity index is 2.16. The van der Waals surface area contributed by atoms with Crippen LogP contribution in [0.4, 0.5) is 11.4 Å². The van der Waals surface area contributed by atoms with Crippen molar-refractivity contribution in [1.82, 2.24) is 0 Å². The average molecular weight is 285 g/mol. The number of hydrogen-bond acceptors (Lipinski definition) is 3. The van der Waals surface area contributed by atoms with E-state index in [2.05, 4.69) is 26.6 Å². The normalized spacial score (nSPS) is 18.6. The van der Waals surface area contributed by atoms with E-state index in [-0.39, 0.29) is 11.9 Å². The summed E-state index contributed by atoms with van der Waals surface area (Å²) in [4.78, 5) is 11.7. The van der Waals surface area contributed by atoms with Gasteiger partial charge in [0.1, 0.15) is 6.04 Å². The fourth-order valence-corrected chi connectivity index (χ4v) is 2.02. The molecule has 1 aromatic carbocycles. The summed E-state index contributed by atoms with van der Waals surface area (Å²) in [6, 6.07) is 5.50. The van der Waals surface area contributed by atoms with Crippen molar-refractivity contribution >= 4 is 33.2 Å². The van der Waals surface area contributed by atoms with Crippen LogP contribution in [0.5, 0.6) is 0 Å². The van der Waals surface area contributed by atoms with Gasteiger partial charge in [-0.05, 0) is 24.6 Å². The van der Waals surface area contributed by atoms with Gasteiger partial charge in [-0.15, -0.1) is 0 Å². The van der Waals surface area contributed by atoms with Crippen molar-refractivity contribution in [1.29, 1.82) is 0 Å². The molecule has 0 spiro atoms. The smallest absolute Gasteiger partial charge is 0.247 e. The number of nitrogens with one attached hydrogen (secondary N) is 2. The first-order chi connectivity index (χ1) is 7.70. The van der Waals surface area contributed by atoms with Crippen molar-refractivity contribution in [3.05, 3.63) is 22.7 Å². The van der Waals surface area contributed by atoms with Gasteiger partial charge in [-0.3, -0.25) is 4.79 Å². The van der Waals surface area contributed by atoms with E-state index in [9.17, 15) is 4.79 Å². The number of fused-ring (bicyclic) bond motifs is 1. The van der Waals surface area contributed by atoms with Crippen LogP contribution in [0.1, 0.15) is 6.42 Å². The molecule has 0 aromatic heterocycles. The average Bonchev–Trinajstić information content (AvgIpc) is 2.27. The van der Waals surface area contributed by atoms with E-state index in [0.717, 1.165) is 15.8 Å². The molecule has 4 nitrogen and oxygen atoms in total. The lowest BCUT2D eigenvalue weighted by Crippen LogP contribution is -2.39. The van der Waals surface area contributed by atoms with Crippen molar-refractivity contribution in [2.45, 2.75) is 12.5 Å². The number of benzene rings is 1. The molecule has 0 fully saturated rings. The summed E-state index contributed by atoms with van der Waals surface area (Å²) in [5.41, 5.74) is 1.76. The number of amides is 1. The zero-order valence-corrected chi connectivity index (χ0v) is 10.5. The molecular weight excluding hydrogens is 272 g/mol. The standard InChI is InChI=1S/C11H13BrN2O2/c1-16-5-4-9-11(15)14-8-3-2-7(12)6-10(8)13-9/h2-3,6,9,13H,4-5H2,1H3,(H,14,15). The number of ether oxygens (including phenoxy) is 1. The Labute approximate surface area is 102 Å². The SMILES string of the molecule is COCCC1Nc2cc(Br)ccc2NC1=O. The van der Waals surface area contributed by atoms with Crippen LogP contribution in [-0.2, 0) is 9.53 Å². The third kappa shape index (κ3) is 2.36. The van der Waals surface area contributed by atoms with Crippen LogP contribution in [0.25, 0.3) is 0 Å². The van der Waals surface area contributed by atoms with Crippen molar-refractivity contribution in [2.24, 2.45) is 0 Å². The number of halogens is 1. The van der Waals surface area contributed by atoms with Gasteiger partial charge in [0.05, 0.1) is 11.4 Å². The molecule has 0 aliphatic carbocycles. The van der Waals surface area contributed by atoms with Gasteiger partial charge in [0, 0.05) is 18.2 Å². The number of methoxy groups -OCH3 is 1. The lowest BCUT2D eigenvalue weighted by atomic mass is 10.1. The van der Waals surface area contributed by atoms with Gasteiger partial charge < -0.3 is 15.4 Å². The maximum Gasteiger partial charge on any atom is 0.247 e. The lowest BCUT2D eigenvalue weighted by Gasteiger charge is -2.26. The first kappa shape index (κ1) is 11.4. The second-order valence-electron chi connectivity index (χ2n) is 3.66. The second-order valence-corrected chi connectivity index (χ2v) is 4.57. The predicted molar refractivity (Wildman–Crippen MR) is 66.7 cm³/mol. The Bertz CT molecular complexity index is 409. The van der Waals surface area contributed by atoms with Crippen LogP contribution < -0.4 is 10.6 Å². The third-order valence-corrected chi connectivity index (χ3v) is 2.99. The Hall–Kier alpha value is -1.07. The monoisotopic (exact) mass is 284 g/mol. The zero-order valence-electron chi connectivity index (χ0n) is 8.92. The number of carbonyl (C=O) groups is 1. The fraction of sp³-hybridized carbons (Fsp3) is 0.364. The molecule has 0 saturated heterocycles. The molecule has 1 atom stereocenters. The molecule has 1 unspecified atom stereocenters. The molecule has 1 amide bonds. The van der Waals surface area contributed by atoms with E-state index < -0.39 is 0 Å². The highest BCUT2D eigenvalue weighted by Gasteiger charge is 2.24. The van der Waals surface area contributed by atoms with E-state index in [1.54, 1.807) is 7.11 Å². The maximum atomic E-state index is 11.7. The van der Waals surface area contributed by atoms with Crippen LogP contribution in [0, 0.1) is 0 Å². The van der Waals surface area contributed by atoms with Crippen molar-refractivity contribution < 1.29 is 9.53 Å². The van der Waals surface area contributed by atoms with Crippen LogP contribution >= 0.6 is 15.9 Å². The Morgan fingerprint density at radius 3 is 3.00 bits per heavy atom. The van der Waals surface area contributed by atoms with E-state index in [4.69, 9.17) is 4.74 Å². The molecule has 1 aliphatic rings. The van der Waals surface area contributed by atoms with Gasteiger partial charge in [0.2, 0.25) is 5.91 Å². The molecule has 2 rings (SSSR count). The summed E-state index contributed by atoms with van der Waals surface area (Å²) in [6.45, 7) is 0.564. The minimum absolute atomic E-state index is 0.00753. The van der Waals surface area contributed by atoms with Gasteiger partial charge in [0.25, 0.3) is 0 Å². The summed E-state index contributed by atoms with van der Waals surface area (Å²) in [5, 5.41) is 6.07. The third-order valence-electron chi connectivity index (χ3n) is 2.50. The van der Waals surface area contributed by atoms with E-state index in [0.29, 0.717) is 13.0 Å². The molecule has 0 radical (unpaired) electrons. The highest BCUT2D eigenvalue weighted by atomic mass is 79.9. The van der Waals surface area contributed by atoms with Crippen LogP contribution in [0.3, 0.4) is 0 Å². The number of carbonyl (C=O) groups excluding carboxylic acids is 1. The predicted octanol–water partition coefficient (Wildman–Crippen LogP) is 2.22. The Kier molecular flexibility index (Phi) is 3.46. The van der Waals surface area contributed by atoms with Crippen LogP contribution in [-0.4, -0.2) is 25.7 Å². The summed E-state index contributed by atoms with van der Waals surface area (Å²) < 4.78 is 5.96. The van der Waals surface area contributed by atoms with Crippen LogP contribution in [0.2, 0.25) is 0 Å². The molecule has 1 heterocycles. The summed E-state index contributed by atoms with van der Waals surface area (Å²) in [7, 11) is 1.63. The molecule has 0 bridgehead atoms. The Morgan fingerprint density at radius 1 is 1.44 bits per heavy atom. The highest BCUT2D eigenvalue weighted by Crippen LogP contribution is 2.30. The van der Waals surface area contributed by atoms with Gasteiger partial charge in [-0.2, -0.15) is 0 Å². The number of hydrogen-bond donors (Lipinski definition) is 2. The summed E-state index contributed by atoms with van der Waals surface area (Å²) in [6.07, 6.45) is 0.661. The molecule has 0 saturated carbocycles. The zero-order chi connectivity index (χ0) is 11.5. The van der Waals surface area contributed by atoms with Crippen molar-refractivity contribution in [2.75, 3.05) is 24.4 Å². The van der Waals surface area contributed by atoms with Gasteiger partial charge >= 0.3 is 0 Å². The number of rotatable bonds is 3. The lowest BCUT2D eigenvalue weighted by molar-refractivity contribution is -0.117. The molecular formula is C11H13BrN2O2. The van der Waals surface area contributed by atoms with E-state index in [1.165, 1.54) is 0 Å². The van der Waals surface area contributed by atoms with Gasteiger partial charge in [-0.25, -0.2) is 0 Å². The van der Waals surface area contributed by atoms with E-state index >= 15 is 0 Å². The first-order valence-electron chi connectivity index (χ1n) is 5.06. The summed E-state index contributed by atoms with van der Waals surface area (Å²) in [5.74, 6) is -0.00753. The largest absolute Gasteiger partial charge is 0.385 e. The quantitative estimate of drug-likeness (QED) is 0.895. The summed E-state index contributed by atoms with van der Waals surface area (Å²) >= 11 is 3.40.